The van der Waals surface area contributed by atoms with Crippen molar-refractivity contribution in [3.8, 4) is 0 Å². The van der Waals surface area contributed by atoms with Crippen LogP contribution < -0.4 is 5.32 Å². The van der Waals surface area contributed by atoms with Crippen LogP contribution in [-0.4, -0.2) is 23.7 Å². The highest BCUT2D eigenvalue weighted by Gasteiger charge is 2.34. The van der Waals surface area contributed by atoms with Gasteiger partial charge in [0.25, 0.3) is 0 Å². The maximum Gasteiger partial charge on any atom is 0.310 e. The topological polar surface area (TPSA) is 49.3 Å². The summed E-state index contributed by atoms with van der Waals surface area (Å²) >= 11 is 0. The van der Waals surface area contributed by atoms with E-state index in [1.54, 1.807) is 0 Å². The van der Waals surface area contributed by atoms with E-state index in [9.17, 15) is 9.90 Å². The number of carbonyl (C=O) groups is 1. The first-order valence-corrected chi connectivity index (χ1v) is 6.49. The number of carboxylic acids is 1. The molecule has 0 aromatic heterocycles. The lowest BCUT2D eigenvalue weighted by Crippen LogP contribution is -2.43. The van der Waals surface area contributed by atoms with E-state index in [4.69, 9.17) is 0 Å². The Morgan fingerprint density at radius 2 is 1.88 bits per heavy atom. The van der Waals surface area contributed by atoms with Gasteiger partial charge in [0.05, 0.1) is 5.41 Å². The fraction of sp³-hybridized carbons (Fsp3) is 0.923. The van der Waals surface area contributed by atoms with Crippen molar-refractivity contribution in [2.24, 2.45) is 5.41 Å². The van der Waals surface area contributed by atoms with Gasteiger partial charge in [-0.1, -0.05) is 33.6 Å². The summed E-state index contributed by atoms with van der Waals surface area (Å²) in [7, 11) is 0. The van der Waals surface area contributed by atoms with E-state index in [1.807, 2.05) is 13.8 Å². The molecule has 0 aliphatic rings. The first-order chi connectivity index (χ1) is 7.52. The summed E-state index contributed by atoms with van der Waals surface area (Å²) in [6.07, 6.45) is 4.89. The summed E-state index contributed by atoms with van der Waals surface area (Å²) < 4.78 is 0. The second-order valence-corrected chi connectivity index (χ2v) is 4.72. The standard InChI is InChI=1S/C13H27NO2/c1-5-8-9-11(4)14-10-13(6-2,7-3)12(15)16/h11,14H,5-10H2,1-4H3,(H,15,16). The second-order valence-electron chi connectivity index (χ2n) is 4.72. The van der Waals surface area contributed by atoms with Crippen molar-refractivity contribution < 1.29 is 9.90 Å². The van der Waals surface area contributed by atoms with Crippen LogP contribution in [0.5, 0.6) is 0 Å². The molecule has 0 rings (SSSR count). The van der Waals surface area contributed by atoms with Gasteiger partial charge >= 0.3 is 5.97 Å². The van der Waals surface area contributed by atoms with Crippen LogP contribution in [0.2, 0.25) is 0 Å². The predicted molar refractivity (Wildman–Crippen MR) is 67.6 cm³/mol. The fourth-order valence-corrected chi connectivity index (χ4v) is 1.86. The van der Waals surface area contributed by atoms with Gasteiger partial charge in [-0.05, 0) is 26.2 Å². The maximum atomic E-state index is 11.3. The van der Waals surface area contributed by atoms with Crippen LogP contribution in [0.1, 0.15) is 59.8 Å². The lowest BCUT2D eigenvalue weighted by molar-refractivity contribution is -0.149. The third-order valence-electron chi connectivity index (χ3n) is 3.59. The summed E-state index contributed by atoms with van der Waals surface area (Å²) in [6, 6.07) is 0.414. The molecule has 0 heterocycles. The molecule has 3 nitrogen and oxygen atoms in total. The maximum absolute atomic E-state index is 11.3. The molecule has 2 N–H and O–H groups in total. The monoisotopic (exact) mass is 229 g/mol. The normalized spacial score (nSPS) is 13.8. The van der Waals surface area contributed by atoms with Gasteiger partial charge in [0.15, 0.2) is 0 Å². The molecule has 1 unspecified atom stereocenters. The zero-order valence-corrected chi connectivity index (χ0v) is 11.2. The molecule has 96 valence electrons. The van der Waals surface area contributed by atoms with Gasteiger partial charge in [-0.3, -0.25) is 4.79 Å². The zero-order valence-electron chi connectivity index (χ0n) is 11.2. The largest absolute Gasteiger partial charge is 0.481 e. The van der Waals surface area contributed by atoms with Crippen molar-refractivity contribution >= 4 is 5.97 Å². The minimum atomic E-state index is -0.673. The van der Waals surface area contributed by atoms with E-state index in [1.165, 1.54) is 12.8 Å². The molecule has 0 fully saturated rings. The van der Waals surface area contributed by atoms with Gasteiger partial charge in [-0.2, -0.15) is 0 Å². The number of nitrogens with one attached hydrogen (secondary N) is 1. The van der Waals surface area contributed by atoms with Gasteiger partial charge in [0.1, 0.15) is 0 Å². The van der Waals surface area contributed by atoms with E-state index in [0.717, 1.165) is 6.42 Å². The minimum absolute atomic E-state index is 0.414. The quantitative estimate of drug-likeness (QED) is 0.639. The molecule has 0 aromatic rings. The molecule has 3 heteroatoms. The Morgan fingerprint density at radius 3 is 2.25 bits per heavy atom. The lowest BCUT2D eigenvalue weighted by atomic mass is 9.82. The van der Waals surface area contributed by atoms with Crippen molar-refractivity contribution in [3.05, 3.63) is 0 Å². The third-order valence-corrected chi connectivity index (χ3v) is 3.59. The molecule has 0 aliphatic carbocycles. The van der Waals surface area contributed by atoms with Crippen molar-refractivity contribution in [1.29, 1.82) is 0 Å². The Kier molecular flexibility index (Phi) is 7.39. The number of rotatable bonds is 9. The number of unbranched alkanes of at least 4 members (excludes halogenated alkanes) is 1. The molecule has 0 aliphatic heterocycles. The number of aliphatic carboxylic acids is 1. The average Bonchev–Trinajstić information content (AvgIpc) is 2.28. The molecule has 0 saturated carbocycles. The summed E-state index contributed by atoms with van der Waals surface area (Å²) in [5, 5.41) is 12.6. The molecular weight excluding hydrogens is 202 g/mol. The van der Waals surface area contributed by atoms with E-state index in [2.05, 4.69) is 19.2 Å². The van der Waals surface area contributed by atoms with E-state index in [-0.39, 0.29) is 0 Å². The van der Waals surface area contributed by atoms with Crippen molar-refractivity contribution in [3.63, 3.8) is 0 Å². The van der Waals surface area contributed by atoms with Crippen LogP contribution >= 0.6 is 0 Å². The molecule has 0 aromatic carbocycles. The Labute approximate surface area is 99.6 Å². The predicted octanol–water partition coefficient (Wildman–Crippen LogP) is 3.05. The van der Waals surface area contributed by atoms with Crippen molar-refractivity contribution in [2.45, 2.75) is 65.8 Å². The van der Waals surface area contributed by atoms with Crippen molar-refractivity contribution in [1.82, 2.24) is 5.32 Å². The van der Waals surface area contributed by atoms with Crippen LogP contribution in [0.4, 0.5) is 0 Å². The molecule has 0 bridgehead atoms. The Morgan fingerprint density at radius 1 is 1.31 bits per heavy atom. The lowest BCUT2D eigenvalue weighted by Gasteiger charge is -2.28. The number of hydrogen-bond acceptors (Lipinski definition) is 2. The van der Waals surface area contributed by atoms with Crippen molar-refractivity contribution in [2.75, 3.05) is 6.54 Å². The van der Waals surface area contributed by atoms with E-state index in [0.29, 0.717) is 25.4 Å². The Balaban J connectivity index is 4.16. The number of hydrogen-bond donors (Lipinski definition) is 2. The van der Waals surface area contributed by atoms with Crippen LogP contribution in [0.15, 0.2) is 0 Å². The Bertz CT molecular complexity index is 200. The second kappa shape index (κ2) is 7.66. The molecule has 0 saturated heterocycles. The molecule has 1 atom stereocenters. The smallest absolute Gasteiger partial charge is 0.310 e. The summed E-state index contributed by atoms with van der Waals surface area (Å²) in [6.45, 7) is 8.80. The van der Waals surface area contributed by atoms with Gasteiger partial charge in [0.2, 0.25) is 0 Å². The molecule has 0 radical (unpaired) electrons. The molecular formula is C13H27NO2. The van der Waals surface area contributed by atoms with Gasteiger partial charge in [0, 0.05) is 12.6 Å². The first kappa shape index (κ1) is 15.4. The third kappa shape index (κ3) is 4.52. The summed E-state index contributed by atoms with van der Waals surface area (Å²) in [5.41, 5.74) is -0.583. The highest BCUT2D eigenvalue weighted by Crippen LogP contribution is 2.25. The molecule has 16 heavy (non-hydrogen) atoms. The highest BCUT2D eigenvalue weighted by molar-refractivity contribution is 5.74. The molecule has 0 amide bonds. The molecule has 0 spiro atoms. The minimum Gasteiger partial charge on any atom is -0.481 e. The van der Waals surface area contributed by atoms with Gasteiger partial charge in [-0.15, -0.1) is 0 Å². The average molecular weight is 229 g/mol. The van der Waals surface area contributed by atoms with Gasteiger partial charge < -0.3 is 10.4 Å². The Hall–Kier alpha value is -0.570. The van der Waals surface area contributed by atoms with Crippen LogP contribution in [0.3, 0.4) is 0 Å². The van der Waals surface area contributed by atoms with Crippen LogP contribution in [0.25, 0.3) is 0 Å². The summed E-state index contributed by atoms with van der Waals surface area (Å²) in [5.74, 6) is -0.673. The van der Waals surface area contributed by atoms with Crippen LogP contribution in [0, 0.1) is 5.41 Å². The summed E-state index contributed by atoms with van der Waals surface area (Å²) in [4.78, 5) is 11.3. The van der Waals surface area contributed by atoms with E-state index < -0.39 is 11.4 Å². The van der Waals surface area contributed by atoms with E-state index >= 15 is 0 Å². The van der Waals surface area contributed by atoms with Gasteiger partial charge in [-0.25, -0.2) is 0 Å². The first-order valence-electron chi connectivity index (χ1n) is 6.49. The number of carboxylic acid groups (broad SMARTS) is 1. The zero-order chi connectivity index (χ0) is 12.6. The fourth-order valence-electron chi connectivity index (χ4n) is 1.86. The van der Waals surface area contributed by atoms with Crippen LogP contribution in [-0.2, 0) is 4.79 Å². The highest BCUT2D eigenvalue weighted by atomic mass is 16.4. The SMILES string of the molecule is CCCCC(C)NCC(CC)(CC)C(=O)O.